The molecule has 1 heterocycles. The maximum Gasteiger partial charge on any atom is 0.231 e. The predicted molar refractivity (Wildman–Crippen MR) is 74.2 cm³/mol. The molecule has 1 atom stereocenters. The van der Waals surface area contributed by atoms with Crippen molar-refractivity contribution >= 4 is 0 Å². The van der Waals surface area contributed by atoms with E-state index in [1.807, 2.05) is 18.2 Å². The van der Waals surface area contributed by atoms with Crippen molar-refractivity contribution in [2.75, 3.05) is 6.79 Å². The van der Waals surface area contributed by atoms with Crippen LogP contribution in [0.1, 0.15) is 24.1 Å². The zero-order valence-corrected chi connectivity index (χ0v) is 11.5. The van der Waals surface area contributed by atoms with Crippen LogP contribution in [-0.2, 0) is 6.54 Å². The first kappa shape index (κ1) is 13.8. The SMILES string of the molecule is CC(NCc1cccc2c1OCO2)c1cc(F)ccc1F. The number of nitrogens with one attached hydrogen (secondary N) is 1. The molecule has 1 aliphatic rings. The van der Waals surface area contributed by atoms with E-state index in [1.165, 1.54) is 6.07 Å². The normalized spacial score (nSPS) is 14.2. The van der Waals surface area contributed by atoms with E-state index < -0.39 is 11.6 Å². The summed E-state index contributed by atoms with van der Waals surface area (Å²) >= 11 is 0. The molecular weight excluding hydrogens is 276 g/mol. The lowest BCUT2D eigenvalue weighted by Crippen LogP contribution is -2.19. The lowest BCUT2D eigenvalue weighted by Gasteiger charge is -2.16. The Labute approximate surface area is 121 Å². The molecule has 0 fully saturated rings. The largest absolute Gasteiger partial charge is 0.454 e. The van der Waals surface area contributed by atoms with Crippen molar-refractivity contribution in [3.05, 3.63) is 59.2 Å². The third kappa shape index (κ3) is 2.83. The van der Waals surface area contributed by atoms with Gasteiger partial charge in [0.2, 0.25) is 6.79 Å². The third-order valence-corrected chi connectivity index (χ3v) is 3.50. The zero-order valence-electron chi connectivity index (χ0n) is 11.5. The number of ether oxygens (including phenoxy) is 2. The van der Waals surface area contributed by atoms with Crippen LogP contribution >= 0.6 is 0 Å². The topological polar surface area (TPSA) is 30.5 Å². The van der Waals surface area contributed by atoms with Crippen molar-refractivity contribution in [1.82, 2.24) is 5.32 Å². The Bertz CT molecular complexity index is 661. The van der Waals surface area contributed by atoms with Crippen molar-refractivity contribution in [2.24, 2.45) is 0 Å². The van der Waals surface area contributed by atoms with Crippen LogP contribution in [0.3, 0.4) is 0 Å². The molecular formula is C16H15F2NO2. The van der Waals surface area contributed by atoms with Gasteiger partial charge in [-0.3, -0.25) is 0 Å². The number of benzene rings is 2. The molecule has 3 rings (SSSR count). The number of rotatable bonds is 4. The van der Waals surface area contributed by atoms with Crippen LogP contribution in [0.4, 0.5) is 8.78 Å². The standard InChI is InChI=1S/C16H15F2NO2/c1-10(13-7-12(17)5-6-14(13)18)19-8-11-3-2-4-15-16(11)21-9-20-15/h2-7,10,19H,8-9H2,1H3. The Balaban J connectivity index is 1.73. The minimum atomic E-state index is -0.447. The van der Waals surface area contributed by atoms with E-state index in [1.54, 1.807) is 6.92 Å². The van der Waals surface area contributed by atoms with E-state index in [0.29, 0.717) is 23.6 Å². The van der Waals surface area contributed by atoms with Gasteiger partial charge in [0.05, 0.1) is 0 Å². The molecule has 1 N–H and O–H groups in total. The predicted octanol–water partition coefficient (Wildman–Crippen LogP) is 3.54. The first-order valence-electron chi connectivity index (χ1n) is 6.71. The van der Waals surface area contributed by atoms with Crippen LogP contribution in [0.2, 0.25) is 0 Å². The molecule has 2 aromatic rings. The first-order chi connectivity index (χ1) is 10.1. The van der Waals surface area contributed by atoms with Crippen LogP contribution in [0.5, 0.6) is 11.5 Å². The Hall–Kier alpha value is -2.14. The molecule has 5 heteroatoms. The molecule has 0 spiro atoms. The summed E-state index contributed by atoms with van der Waals surface area (Å²) in [5.41, 5.74) is 1.23. The second kappa shape index (κ2) is 5.69. The maximum atomic E-state index is 13.7. The lowest BCUT2D eigenvalue weighted by molar-refractivity contribution is 0.173. The van der Waals surface area contributed by atoms with E-state index in [4.69, 9.17) is 9.47 Å². The number of para-hydroxylation sites is 1. The Morgan fingerprint density at radius 2 is 2.05 bits per heavy atom. The highest BCUT2D eigenvalue weighted by atomic mass is 19.1. The number of hydrogen-bond acceptors (Lipinski definition) is 3. The fraction of sp³-hybridized carbons (Fsp3) is 0.250. The smallest absolute Gasteiger partial charge is 0.231 e. The summed E-state index contributed by atoms with van der Waals surface area (Å²) < 4.78 is 37.7. The molecule has 0 saturated carbocycles. The van der Waals surface area contributed by atoms with Gasteiger partial charge in [-0.25, -0.2) is 8.78 Å². The average molecular weight is 291 g/mol. The van der Waals surface area contributed by atoms with Gasteiger partial charge >= 0.3 is 0 Å². The summed E-state index contributed by atoms with van der Waals surface area (Å²) in [7, 11) is 0. The summed E-state index contributed by atoms with van der Waals surface area (Å²) in [6.45, 7) is 2.47. The van der Waals surface area contributed by atoms with Gasteiger partial charge < -0.3 is 14.8 Å². The molecule has 0 bridgehead atoms. The molecule has 3 nitrogen and oxygen atoms in total. The quantitative estimate of drug-likeness (QED) is 0.934. The van der Waals surface area contributed by atoms with E-state index >= 15 is 0 Å². The van der Waals surface area contributed by atoms with Crippen molar-refractivity contribution < 1.29 is 18.3 Å². The van der Waals surface area contributed by atoms with Gasteiger partial charge in [-0.05, 0) is 31.2 Å². The minimum Gasteiger partial charge on any atom is -0.454 e. The fourth-order valence-electron chi connectivity index (χ4n) is 2.35. The Morgan fingerprint density at radius 3 is 2.90 bits per heavy atom. The Morgan fingerprint density at radius 1 is 1.19 bits per heavy atom. The molecule has 1 aliphatic heterocycles. The summed E-state index contributed by atoms with van der Waals surface area (Å²) in [5, 5.41) is 3.17. The molecule has 2 aromatic carbocycles. The van der Waals surface area contributed by atoms with Gasteiger partial charge in [-0.15, -0.1) is 0 Å². The maximum absolute atomic E-state index is 13.7. The van der Waals surface area contributed by atoms with Gasteiger partial charge in [-0.2, -0.15) is 0 Å². The summed E-state index contributed by atoms with van der Waals surface area (Å²) in [6, 6.07) is 8.76. The van der Waals surface area contributed by atoms with E-state index in [9.17, 15) is 8.78 Å². The van der Waals surface area contributed by atoms with E-state index in [-0.39, 0.29) is 12.8 Å². The van der Waals surface area contributed by atoms with Gasteiger partial charge in [0.25, 0.3) is 0 Å². The fourth-order valence-corrected chi connectivity index (χ4v) is 2.35. The average Bonchev–Trinajstić information content (AvgIpc) is 2.96. The number of halogens is 2. The second-order valence-electron chi connectivity index (χ2n) is 4.92. The highest BCUT2D eigenvalue weighted by Crippen LogP contribution is 2.35. The first-order valence-corrected chi connectivity index (χ1v) is 6.71. The number of hydrogen-bond donors (Lipinski definition) is 1. The molecule has 0 aromatic heterocycles. The van der Waals surface area contributed by atoms with E-state index in [0.717, 1.165) is 17.7 Å². The van der Waals surface area contributed by atoms with Crippen molar-refractivity contribution in [1.29, 1.82) is 0 Å². The second-order valence-corrected chi connectivity index (χ2v) is 4.92. The highest BCUT2D eigenvalue weighted by molar-refractivity contribution is 5.48. The highest BCUT2D eigenvalue weighted by Gasteiger charge is 2.18. The Kier molecular flexibility index (Phi) is 3.75. The molecule has 0 aliphatic carbocycles. The lowest BCUT2D eigenvalue weighted by atomic mass is 10.1. The number of fused-ring (bicyclic) bond motifs is 1. The summed E-state index contributed by atoms with van der Waals surface area (Å²) in [5.74, 6) is 0.544. The van der Waals surface area contributed by atoms with Crippen LogP contribution in [-0.4, -0.2) is 6.79 Å². The minimum absolute atomic E-state index is 0.209. The molecule has 0 saturated heterocycles. The van der Waals surface area contributed by atoms with Gasteiger partial charge in [0.15, 0.2) is 11.5 Å². The molecule has 0 amide bonds. The van der Waals surface area contributed by atoms with E-state index in [2.05, 4.69) is 5.32 Å². The monoisotopic (exact) mass is 291 g/mol. The molecule has 21 heavy (non-hydrogen) atoms. The summed E-state index contributed by atoms with van der Waals surface area (Å²) in [4.78, 5) is 0. The third-order valence-electron chi connectivity index (χ3n) is 3.50. The summed E-state index contributed by atoms with van der Waals surface area (Å²) in [6.07, 6.45) is 0. The van der Waals surface area contributed by atoms with Crippen molar-refractivity contribution in [3.8, 4) is 11.5 Å². The van der Waals surface area contributed by atoms with Crippen LogP contribution < -0.4 is 14.8 Å². The van der Waals surface area contributed by atoms with Crippen molar-refractivity contribution in [3.63, 3.8) is 0 Å². The van der Waals surface area contributed by atoms with Crippen LogP contribution in [0.15, 0.2) is 36.4 Å². The van der Waals surface area contributed by atoms with Gasteiger partial charge in [-0.1, -0.05) is 12.1 Å². The van der Waals surface area contributed by atoms with Gasteiger partial charge in [0, 0.05) is 23.7 Å². The van der Waals surface area contributed by atoms with Crippen LogP contribution in [0.25, 0.3) is 0 Å². The molecule has 1 unspecified atom stereocenters. The molecule has 110 valence electrons. The van der Waals surface area contributed by atoms with Gasteiger partial charge in [0.1, 0.15) is 11.6 Å². The van der Waals surface area contributed by atoms with Crippen LogP contribution in [0, 0.1) is 11.6 Å². The zero-order chi connectivity index (χ0) is 14.8. The molecule has 0 radical (unpaired) electrons. The van der Waals surface area contributed by atoms with Crippen molar-refractivity contribution in [2.45, 2.75) is 19.5 Å².